The number of carbonyl (C=O) groups is 1. The van der Waals surface area contributed by atoms with E-state index in [1.54, 1.807) is 13.0 Å². The van der Waals surface area contributed by atoms with Crippen molar-refractivity contribution in [2.24, 2.45) is 0 Å². The van der Waals surface area contributed by atoms with E-state index in [9.17, 15) is 9.18 Å². The topological polar surface area (TPSA) is 38.3 Å². The van der Waals surface area contributed by atoms with E-state index in [1.165, 1.54) is 12.1 Å². The van der Waals surface area contributed by atoms with Gasteiger partial charge in [0.1, 0.15) is 24.0 Å². The first-order valence-corrected chi connectivity index (χ1v) is 7.24. The number of ether oxygens (including phenoxy) is 1. The van der Waals surface area contributed by atoms with E-state index in [0.717, 1.165) is 16.9 Å². The number of hydrogen-bond acceptors (Lipinski definition) is 3. The number of halogens is 1. The van der Waals surface area contributed by atoms with Crippen molar-refractivity contribution in [1.29, 1.82) is 0 Å². The van der Waals surface area contributed by atoms with Crippen LogP contribution in [-0.4, -0.2) is 11.8 Å². The van der Waals surface area contributed by atoms with Crippen molar-refractivity contribution < 1.29 is 13.9 Å². The van der Waals surface area contributed by atoms with Crippen molar-refractivity contribution >= 4 is 5.78 Å². The molecular weight excluding hydrogens is 281 g/mol. The van der Waals surface area contributed by atoms with Crippen LogP contribution in [0.5, 0.6) is 5.75 Å². The normalized spacial score (nSPS) is 12.0. The van der Waals surface area contributed by atoms with Crippen molar-refractivity contribution in [2.45, 2.75) is 33.0 Å². The highest BCUT2D eigenvalue weighted by molar-refractivity contribution is 5.80. The number of rotatable bonds is 7. The molecule has 0 amide bonds. The molecule has 0 aliphatic heterocycles. The van der Waals surface area contributed by atoms with E-state index < -0.39 is 0 Å². The molecule has 0 radical (unpaired) electrons. The largest absolute Gasteiger partial charge is 0.489 e. The molecule has 4 heteroatoms. The summed E-state index contributed by atoms with van der Waals surface area (Å²) >= 11 is 0. The number of carbonyl (C=O) groups excluding carboxylic acids is 1. The lowest BCUT2D eigenvalue weighted by Crippen LogP contribution is -2.31. The SMILES string of the molecule is CC(=O)[C@H](C)NCc1ccc(OCc2cccc(F)c2)cc1. The lowest BCUT2D eigenvalue weighted by Gasteiger charge is -2.11. The molecule has 0 aliphatic carbocycles. The lowest BCUT2D eigenvalue weighted by atomic mass is 10.2. The van der Waals surface area contributed by atoms with E-state index in [2.05, 4.69) is 5.32 Å². The van der Waals surface area contributed by atoms with Gasteiger partial charge in [0.05, 0.1) is 6.04 Å². The van der Waals surface area contributed by atoms with E-state index in [-0.39, 0.29) is 17.6 Å². The summed E-state index contributed by atoms with van der Waals surface area (Å²) in [5.41, 5.74) is 1.87. The summed E-state index contributed by atoms with van der Waals surface area (Å²) in [6.07, 6.45) is 0. The molecule has 0 heterocycles. The first kappa shape index (κ1) is 16.2. The van der Waals surface area contributed by atoms with Crippen LogP contribution in [0.15, 0.2) is 48.5 Å². The van der Waals surface area contributed by atoms with Crippen LogP contribution in [0.4, 0.5) is 4.39 Å². The summed E-state index contributed by atoms with van der Waals surface area (Å²) in [7, 11) is 0. The quantitative estimate of drug-likeness (QED) is 0.851. The van der Waals surface area contributed by atoms with Gasteiger partial charge in [-0.2, -0.15) is 0 Å². The van der Waals surface area contributed by atoms with Crippen LogP contribution in [-0.2, 0) is 17.9 Å². The highest BCUT2D eigenvalue weighted by atomic mass is 19.1. The van der Waals surface area contributed by atoms with Gasteiger partial charge in [0, 0.05) is 6.54 Å². The fourth-order valence-corrected chi connectivity index (χ4v) is 1.91. The van der Waals surface area contributed by atoms with Gasteiger partial charge >= 0.3 is 0 Å². The van der Waals surface area contributed by atoms with E-state index in [4.69, 9.17) is 4.74 Å². The smallest absolute Gasteiger partial charge is 0.146 e. The molecule has 0 fully saturated rings. The van der Waals surface area contributed by atoms with E-state index in [1.807, 2.05) is 37.3 Å². The van der Waals surface area contributed by atoms with Gasteiger partial charge in [-0.25, -0.2) is 4.39 Å². The maximum absolute atomic E-state index is 13.1. The minimum Gasteiger partial charge on any atom is -0.489 e. The molecule has 0 aromatic heterocycles. The molecule has 0 saturated heterocycles. The molecule has 2 rings (SSSR count). The zero-order valence-electron chi connectivity index (χ0n) is 12.8. The van der Waals surface area contributed by atoms with Gasteiger partial charge in [-0.05, 0) is 49.2 Å². The van der Waals surface area contributed by atoms with Crippen LogP contribution in [0, 0.1) is 5.82 Å². The van der Waals surface area contributed by atoms with E-state index in [0.29, 0.717) is 13.2 Å². The Bertz CT molecular complexity index is 625. The van der Waals surface area contributed by atoms with Crippen molar-refractivity contribution in [3.63, 3.8) is 0 Å². The fourth-order valence-electron chi connectivity index (χ4n) is 1.91. The summed E-state index contributed by atoms with van der Waals surface area (Å²) in [5, 5.41) is 3.15. The first-order valence-electron chi connectivity index (χ1n) is 7.24. The average Bonchev–Trinajstić information content (AvgIpc) is 2.51. The number of Topliss-reactive ketones (excluding diaryl/α,β-unsaturated/α-hetero) is 1. The fraction of sp³-hybridized carbons (Fsp3) is 0.278. The molecule has 0 saturated carbocycles. The third-order valence-electron chi connectivity index (χ3n) is 3.44. The van der Waals surface area contributed by atoms with Crippen LogP contribution >= 0.6 is 0 Å². The van der Waals surface area contributed by atoms with Crippen LogP contribution in [0.1, 0.15) is 25.0 Å². The Morgan fingerprint density at radius 1 is 1.18 bits per heavy atom. The first-order chi connectivity index (χ1) is 10.5. The summed E-state index contributed by atoms with van der Waals surface area (Å²) in [4.78, 5) is 11.2. The molecule has 1 atom stereocenters. The van der Waals surface area contributed by atoms with Crippen molar-refractivity contribution in [1.82, 2.24) is 5.32 Å². The van der Waals surface area contributed by atoms with Gasteiger partial charge in [0.2, 0.25) is 0 Å². The minimum absolute atomic E-state index is 0.120. The lowest BCUT2D eigenvalue weighted by molar-refractivity contribution is -0.118. The highest BCUT2D eigenvalue weighted by Crippen LogP contribution is 2.15. The van der Waals surface area contributed by atoms with Gasteiger partial charge in [0.15, 0.2) is 0 Å². The molecule has 0 spiro atoms. The molecule has 0 aliphatic rings. The van der Waals surface area contributed by atoms with Gasteiger partial charge < -0.3 is 10.1 Å². The molecule has 0 unspecified atom stereocenters. The summed E-state index contributed by atoms with van der Waals surface area (Å²) in [6, 6.07) is 13.8. The number of hydrogen-bond donors (Lipinski definition) is 1. The number of ketones is 1. The molecular formula is C18H20FNO2. The summed E-state index contributed by atoms with van der Waals surface area (Å²) in [6.45, 7) is 4.38. The van der Waals surface area contributed by atoms with Crippen molar-refractivity contribution in [2.75, 3.05) is 0 Å². The second kappa shape index (κ2) is 7.71. The average molecular weight is 301 g/mol. The Morgan fingerprint density at radius 3 is 2.55 bits per heavy atom. The molecule has 2 aromatic rings. The van der Waals surface area contributed by atoms with Crippen LogP contribution in [0.2, 0.25) is 0 Å². The maximum atomic E-state index is 13.1. The Labute approximate surface area is 130 Å². The Morgan fingerprint density at radius 2 is 1.91 bits per heavy atom. The zero-order valence-corrected chi connectivity index (χ0v) is 12.8. The Balaban J connectivity index is 1.85. The molecule has 0 bridgehead atoms. The number of benzene rings is 2. The van der Waals surface area contributed by atoms with Crippen molar-refractivity contribution in [3.05, 3.63) is 65.5 Å². The van der Waals surface area contributed by atoms with Crippen LogP contribution in [0.3, 0.4) is 0 Å². The van der Waals surface area contributed by atoms with Crippen molar-refractivity contribution in [3.8, 4) is 5.75 Å². The predicted octanol–water partition coefficient (Wildman–Crippen LogP) is 3.47. The standard InChI is InChI=1S/C18H20FNO2/c1-13(14(2)21)20-11-15-6-8-18(9-7-15)22-12-16-4-3-5-17(19)10-16/h3-10,13,20H,11-12H2,1-2H3/t13-/m0/s1. The Kier molecular flexibility index (Phi) is 5.67. The predicted molar refractivity (Wildman–Crippen MR) is 84.2 cm³/mol. The maximum Gasteiger partial charge on any atom is 0.146 e. The molecule has 2 aromatic carbocycles. The summed E-state index contributed by atoms with van der Waals surface area (Å²) in [5.74, 6) is 0.588. The monoisotopic (exact) mass is 301 g/mol. The Hall–Kier alpha value is -2.20. The third kappa shape index (κ3) is 4.97. The second-order valence-corrected chi connectivity index (χ2v) is 5.28. The minimum atomic E-state index is -0.262. The zero-order chi connectivity index (χ0) is 15.9. The van der Waals surface area contributed by atoms with Gasteiger partial charge in [0.25, 0.3) is 0 Å². The molecule has 116 valence electrons. The van der Waals surface area contributed by atoms with Crippen LogP contribution < -0.4 is 10.1 Å². The summed E-state index contributed by atoms with van der Waals surface area (Å²) < 4.78 is 18.7. The second-order valence-electron chi connectivity index (χ2n) is 5.28. The number of nitrogens with one attached hydrogen (secondary N) is 1. The van der Waals surface area contributed by atoms with Gasteiger partial charge in [-0.15, -0.1) is 0 Å². The van der Waals surface area contributed by atoms with Gasteiger partial charge in [-0.3, -0.25) is 4.79 Å². The highest BCUT2D eigenvalue weighted by Gasteiger charge is 2.06. The molecule has 22 heavy (non-hydrogen) atoms. The van der Waals surface area contributed by atoms with Crippen LogP contribution in [0.25, 0.3) is 0 Å². The molecule has 3 nitrogen and oxygen atoms in total. The van der Waals surface area contributed by atoms with Gasteiger partial charge in [-0.1, -0.05) is 24.3 Å². The third-order valence-corrected chi connectivity index (χ3v) is 3.44. The van der Waals surface area contributed by atoms with E-state index >= 15 is 0 Å². The molecule has 1 N–H and O–H groups in total.